The number of imidazole rings is 1. The number of nitrogens with zero attached hydrogens (tertiary/aromatic N) is 2. The van der Waals surface area contributed by atoms with Gasteiger partial charge in [0.25, 0.3) is 0 Å². The number of likely N-dealkylation sites (N-methyl/N-ethyl adjacent to an activating group) is 1. The highest BCUT2D eigenvalue weighted by Crippen LogP contribution is 2.17. The maximum absolute atomic E-state index is 5.38. The summed E-state index contributed by atoms with van der Waals surface area (Å²) in [6.45, 7) is 0. The third-order valence-corrected chi connectivity index (χ3v) is 2.54. The van der Waals surface area contributed by atoms with Crippen molar-refractivity contribution in [3.63, 3.8) is 0 Å². The predicted octanol–water partition coefficient (Wildman–Crippen LogP) is 1.52. The number of rotatable bonds is 4. The summed E-state index contributed by atoms with van der Waals surface area (Å²) in [4.78, 5) is 4.29. The quantitative estimate of drug-likeness (QED) is 0.822. The molecular formula is C11H15N3O. The zero-order valence-electron chi connectivity index (χ0n) is 8.97. The minimum atomic E-state index is 0.182. The molecule has 1 atom stereocenters. The molecule has 0 aromatic carbocycles. The summed E-state index contributed by atoms with van der Waals surface area (Å²) in [5, 5.41) is 3.22. The molecule has 0 aliphatic rings. The molecule has 0 amide bonds. The van der Waals surface area contributed by atoms with Gasteiger partial charge in [0.2, 0.25) is 0 Å². The zero-order chi connectivity index (χ0) is 10.7. The second kappa shape index (κ2) is 4.31. The van der Waals surface area contributed by atoms with E-state index in [0.29, 0.717) is 0 Å². The van der Waals surface area contributed by atoms with Crippen LogP contribution in [-0.2, 0) is 13.5 Å². The Bertz CT molecular complexity index is 405. The van der Waals surface area contributed by atoms with Gasteiger partial charge < -0.3 is 14.3 Å². The average Bonchev–Trinajstić information content (AvgIpc) is 2.86. The molecule has 4 nitrogen and oxygen atoms in total. The Kier molecular flexibility index (Phi) is 2.87. The molecule has 0 spiro atoms. The molecule has 0 radical (unpaired) electrons. The van der Waals surface area contributed by atoms with Crippen LogP contribution in [0.5, 0.6) is 0 Å². The fourth-order valence-electron chi connectivity index (χ4n) is 1.61. The molecule has 0 fully saturated rings. The molecule has 1 unspecified atom stereocenters. The van der Waals surface area contributed by atoms with Crippen molar-refractivity contribution in [1.82, 2.24) is 14.9 Å². The molecule has 4 heteroatoms. The molecule has 0 saturated heterocycles. The number of hydrogen-bond donors (Lipinski definition) is 1. The first-order valence-electron chi connectivity index (χ1n) is 4.98. The number of nitrogens with one attached hydrogen (secondary N) is 1. The van der Waals surface area contributed by atoms with Crippen molar-refractivity contribution in [3.05, 3.63) is 42.4 Å². The Balaban J connectivity index is 2.13. The summed E-state index contributed by atoms with van der Waals surface area (Å²) >= 11 is 0. The van der Waals surface area contributed by atoms with Crippen LogP contribution in [0.3, 0.4) is 0 Å². The lowest BCUT2D eigenvalue weighted by molar-refractivity contribution is 0.422. The molecule has 2 heterocycles. The lowest BCUT2D eigenvalue weighted by Gasteiger charge is -2.12. The zero-order valence-corrected chi connectivity index (χ0v) is 8.97. The van der Waals surface area contributed by atoms with Gasteiger partial charge in [0.1, 0.15) is 11.6 Å². The van der Waals surface area contributed by atoms with Crippen LogP contribution in [0.15, 0.2) is 35.2 Å². The van der Waals surface area contributed by atoms with Crippen LogP contribution in [-0.4, -0.2) is 16.6 Å². The normalized spacial score (nSPS) is 12.9. The van der Waals surface area contributed by atoms with Gasteiger partial charge in [-0.05, 0) is 19.2 Å². The number of aromatic nitrogens is 2. The molecular weight excluding hydrogens is 190 g/mol. The minimum absolute atomic E-state index is 0.182. The Morgan fingerprint density at radius 2 is 2.47 bits per heavy atom. The molecule has 0 bridgehead atoms. The van der Waals surface area contributed by atoms with Crippen LogP contribution < -0.4 is 5.32 Å². The fourth-order valence-corrected chi connectivity index (χ4v) is 1.61. The van der Waals surface area contributed by atoms with Crippen molar-refractivity contribution in [2.75, 3.05) is 7.05 Å². The maximum Gasteiger partial charge on any atom is 0.121 e. The maximum atomic E-state index is 5.38. The molecule has 2 rings (SSSR count). The first kappa shape index (κ1) is 9.98. The topological polar surface area (TPSA) is 43.0 Å². The van der Waals surface area contributed by atoms with E-state index in [-0.39, 0.29) is 6.04 Å². The van der Waals surface area contributed by atoms with E-state index in [1.807, 2.05) is 43.2 Å². The molecule has 0 aliphatic heterocycles. The van der Waals surface area contributed by atoms with Crippen molar-refractivity contribution in [1.29, 1.82) is 0 Å². The summed E-state index contributed by atoms with van der Waals surface area (Å²) in [5.74, 6) is 1.99. The first-order chi connectivity index (χ1) is 7.31. The monoisotopic (exact) mass is 205 g/mol. The van der Waals surface area contributed by atoms with E-state index in [0.717, 1.165) is 18.0 Å². The summed E-state index contributed by atoms with van der Waals surface area (Å²) in [7, 11) is 3.92. The summed E-state index contributed by atoms with van der Waals surface area (Å²) < 4.78 is 7.40. The van der Waals surface area contributed by atoms with Crippen molar-refractivity contribution in [3.8, 4) is 0 Å². The standard InChI is InChI=1S/C11H15N3O/c1-12-9(10-4-3-7-15-10)8-11-13-5-6-14(11)2/h3-7,9,12H,8H2,1-2H3. The van der Waals surface area contributed by atoms with Crippen LogP contribution in [0.2, 0.25) is 0 Å². The highest BCUT2D eigenvalue weighted by atomic mass is 16.3. The van der Waals surface area contributed by atoms with E-state index in [2.05, 4.69) is 10.3 Å². The first-order valence-corrected chi connectivity index (χ1v) is 4.98. The lowest BCUT2D eigenvalue weighted by atomic mass is 10.1. The fraction of sp³-hybridized carbons (Fsp3) is 0.364. The predicted molar refractivity (Wildman–Crippen MR) is 57.4 cm³/mol. The SMILES string of the molecule is CNC(Cc1nccn1C)c1ccco1. The van der Waals surface area contributed by atoms with Crippen molar-refractivity contribution in [2.45, 2.75) is 12.5 Å². The van der Waals surface area contributed by atoms with Crippen LogP contribution >= 0.6 is 0 Å². The largest absolute Gasteiger partial charge is 0.468 e. The molecule has 1 N–H and O–H groups in total. The van der Waals surface area contributed by atoms with Gasteiger partial charge in [0, 0.05) is 25.9 Å². The molecule has 0 saturated carbocycles. The molecule has 2 aromatic rings. The summed E-state index contributed by atoms with van der Waals surface area (Å²) in [5.41, 5.74) is 0. The summed E-state index contributed by atoms with van der Waals surface area (Å²) in [6.07, 6.45) is 6.28. The van der Waals surface area contributed by atoms with Gasteiger partial charge >= 0.3 is 0 Å². The van der Waals surface area contributed by atoms with E-state index < -0.39 is 0 Å². The van der Waals surface area contributed by atoms with Gasteiger partial charge in [0.05, 0.1) is 12.3 Å². The third kappa shape index (κ3) is 2.10. The van der Waals surface area contributed by atoms with E-state index in [1.54, 1.807) is 6.26 Å². The second-order valence-electron chi connectivity index (χ2n) is 3.52. The van der Waals surface area contributed by atoms with Crippen molar-refractivity contribution < 1.29 is 4.42 Å². The van der Waals surface area contributed by atoms with E-state index in [1.165, 1.54) is 0 Å². The second-order valence-corrected chi connectivity index (χ2v) is 3.52. The van der Waals surface area contributed by atoms with Crippen LogP contribution in [0, 0.1) is 0 Å². The van der Waals surface area contributed by atoms with Gasteiger partial charge in [0.15, 0.2) is 0 Å². The van der Waals surface area contributed by atoms with Gasteiger partial charge in [-0.25, -0.2) is 4.98 Å². The Labute approximate surface area is 88.9 Å². The number of hydrogen-bond acceptors (Lipinski definition) is 3. The van der Waals surface area contributed by atoms with E-state index >= 15 is 0 Å². The molecule has 80 valence electrons. The minimum Gasteiger partial charge on any atom is -0.468 e. The van der Waals surface area contributed by atoms with Crippen LogP contribution in [0.25, 0.3) is 0 Å². The Hall–Kier alpha value is -1.55. The molecule has 15 heavy (non-hydrogen) atoms. The lowest BCUT2D eigenvalue weighted by Crippen LogP contribution is -2.19. The highest BCUT2D eigenvalue weighted by Gasteiger charge is 2.14. The van der Waals surface area contributed by atoms with Gasteiger partial charge in [-0.1, -0.05) is 0 Å². The van der Waals surface area contributed by atoms with Crippen LogP contribution in [0.1, 0.15) is 17.6 Å². The molecule has 0 aliphatic carbocycles. The smallest absolute Gasteiger partial charge is 0.121 e. The number of aryl methyl sites for hydroxylation is 1. The van der Waals surface area contributed by atoms with E-state index in [9.17, 15) is 0 Å². The van der Waals surface area contributed by atoms with Crippen LogP contribution in [0.4, 0.5) is 0 Å². The third-order valence-electron chi connectivity index (χ3n) is 2.54. The Morgan fingerprint density at radius 1 is 1.60 bits per heavy atom. The molecule has 2 aromatic heterocycles. The highest BCUT2D eigenvalue weighted by molar-refractivity contribution is 5.07. The van der Waals surface area contributed by atoms with Gasteiger partial charge in [-0.2, -0.15) is 0 Å². The summed E-state index contributed by atoms with van der Waals surface area (Å²) in [6, 6.07) is 4.06. The Morgan fingerprint density at radius 3 is 3.00 bits per heavy atom. The average molecular weight is 205 g/mol. The van der Waals surface area contributed by atoms with Crippen molar-refractivity contribution >= 4 is 0 Å². The van der Waals surface area contributed by atoms with Gasteiger partial charge in [-0.15, -0.1) is 0 Å². The number of furan rings is 1. The van der Waals surface area contributed by atoms with E-state index in [4.69, 9.17) is 4.42 Å². The van der Waals surface area contributed by atoms with Crippen molar-refractivity contribution in [2.24, 2.45) is 7.05 Å². The van der Waals surface area contributed by atoms with Gasteiger partial charge in [-0.3, -0.25) is 0 Å².